The van der Waals surface area contributed by atoms with Crippen molar-refractivity contribution in [1.82, 2.24) is 4.90 Å². The van der Waals surface area contributed by atoms with Crippen LogP contribution in [0.25, 0.3) is 0 Å². The van der Waals surface area contributed by atoms with Crippen molar-refractivity contribution in [3.05, 3.63) is 41.5 Å². The van der Waals surface area contributed by atoms with Gasteiger partial charge in [-0.25, -0.2) is 0 Å². The van der Waals surface area contributed by atoms with Crippen LogP contribution in [0.5, 0.6) is 0 Å². The predicted octanol–water partition coefficient (Wildman–Crippen LogP) is 3.41. The fraction of sp³-hybridized carbons (Fsp3) is 0.579. The lowest BCUT2D eigenvalue weighted by Gasteiger charge is -2.54. The molecule has 4 aliphatic rings. The van der Waals surface area contributed by atoms with Gasteiger partial charge in [-0.3, -0.25) is 4.90 Å². The minimum absolute atomic E-state index is 0.381. The Hall–Kier alpha value is -1.28. The van der Waals surface area contributed by atoms with E-state index < -0.39 is 0 Å². The number of hydrogen-bond acceptors (Lipinski definition) is 2. The highest BCUT2D eigenvalue weighted by atomic mass is 15.2. The first-order chi connectivity index (χ1) is 10.3. The van der Waals surface area contributed by atoms with Crippen molar-refractivity contribution in [3.63, 3.8) is 0 Å². The minimum Gasteiger partial charge on any atom is -0.381 e. The zero-order chi connectivity index (χ0) is 14.2. The third-order valence-corrected chi connectivity index (χ3v) is 7.01. The average molecular weight is 280 g/mol. The second-order valence-electron chi connectivity index (χ2n) is 7.51. The number of rotatable bonds is 0. The quantitative estimate of drug-likeness (QED) is 0.733. The highest BCUT2D eigenvalue weighted by Gasteiger charge is 2.64. The SMILES string of the molecule is C/C=C1\CN2CC[C@]34c5ccccc5N[C@H]3[C@H](C)[C@H]1C[C@@H]24. The van der Waals surface area contributed by atoms with E-state index in [1.165, 1.54) is 31.6 Å². The molecule has 2 bridgehead atoms. The fourth-order valence-electron chi connectivity index (χ4n) is 6.12. The molecule has 110 valence electrons. The lowest BCUT2D eigenvalue weighted by atomic mass is 9.56. The Kier molecular flexibility index (Phi) is 2.29. The number of hydrogen-bond donors (Lipinski definition) is 1. The summed E-state index contributed by atoms with van der Waals surface area (Å²) in [5.74, 6) is 1.52. The first kappa shape index (κ1) is 12.3. The van der Waals surface area contributed by atoms with Gasteiger partial charge in [0.2, 0.25) is 0 Å². The van der Waals surface area contributed by atoms with E-state index in [4.69, 9.17) is 0 Å². The molecule has 5 rings (SSSR count). The lowest BCUT2D eigenvalue weighted by Crippen LogP contribution is -2.61. The van der Waals surface area contributed by atoms with E-state index >= 15 is 0 Å². The van der Waals surface area contributed by atoms with Crippen molar-refractivity contribution in [3.8, 4) is 0 Å². The summed E-state index contributed by atoms with van der Waals surface area (Å²) in [4.78, 5) is 2.77. The number of fused-ring (bicyclic) bond motifs is 2. The molecule has 0 aromatic heterocycles. The molecule has 1 aromatic rings. The largest absolute Gasteiger partial charge is 0.381 e. The van der Waals surface area contributed by atoms with Gasteiger partial charge in [0.1, 0.15) is 0 Å². The van der Waals surface area contributed by atoms with E-state index in [9.17, 15) is 0 Å². The summed E-state index contributed by atoms with van der Waals surface area (Å²) >= 11 is 0. The van der Waals surface area contributed by atoms with Crippen LogP contribution in [0.4, 0.5) is 5.69 Å². The summed E-state index contributed by atoms with van der Waals surface area (Å²) in [5.41, 5.74) is 5.08. The molecule has 1 aliphatic carbocycles. The summed E-state index contributed by atoms with van der Waals surface area (Å²) in [6.07, 6.45) is 5.10. The van der Waals surface area contributed by atoms with Crippen molar-refractivity contribution in [2.24, 2.45) is 11.8 Å². The summed E-state index contributed by atoms with van der Waals surface area (Å²) in [6, 6.07) is 10.5. The van der Waals surface area contributed by atoms with Crippen molar-refractivity contribution in [2.75, 3.05) is 18.4 Å². The smallest absolute Gasteiger partial charge is 0.0405 e. The Balaban J connectivity index is 1.71. The monoisotopic (exact) mass is 280 g/mol. The Morgan fingerprint density at radius 1 is 1.33 bits per heavy atom. The van der Waals surface area contributed by atoms with Gasteiger partial charge in [-0.15, -0.1) is 0 Å². The maximum Gasteiger partial charge on any atom is 0.0405 e. The molecular formula is C19H24N2. The number of piperidine rings is 1. The molecule has 1 N–H and O–H groups in total. The van der Waals surface area contributed by atoms with Crippen LogP contribution >= 0.6 is 0 Å². The molecule has 21 heavy (non-hydrogen) atoms. The maximum absolute atomic E-state index is 3.92. The standard InChI is InChI=1S/C19H24N2/c1-3-13-11-21-9-8-19-15-6-4-5-7-16(15)20-18(19)12(2)14(13)10-17(19)21/h3-7,12,14,17-18,20H,8-11H2,1-2H3/b13-3+/t12-,14-,17-,18+,19-/m1/s1. The molecule has 1 spiro atoms. The molecule has 0 radical (unpaired) electrons. The average Bonchev–Trinajstić information content (AvgIpc) is 3.07. The van der Waals surface area contributed by atoms with Crippen molar-refractivity contribution >= 4 is 5.69 Å². The lowest BCUT2D eigenvalue weighted by molar-refractivity contribution is 0.0642. The molecule has 2 heteroatoms. The Morgan fingerprint density at radius 3 is 3.05 bits per heavy atom. The van der Waals surface area contributed by atoms with E-state index in [0.29, 0.717) is 11.5 Å². The van der Waals surface area contributed by atoms with Crippen molar-refractivity contribution in [2.45, 2.75) is 44.2 Å². The van der Waals surface area contributed by atoms with Crippen molar-refractivity contribution in [1.29, 1.82) is 0 Å². The third-order valence-electron chi connectivity index (χ3n) is 7.01. The van der Waals surface area contributed by atoms with Gasteiger partial charge in [0, 0.05) is 29.7 Å². The summed E-state index contributed by atoms with van der Waals surface area (Å²) in [7, 11) is 0. The molecule has 2 nitrogen and oxygen atoms in total. The summed E-state index contributed by atoms with van der Waals surface area (Å²) in [5, 5.41) is 3.92. The van der Waals surface area contributed by atoms with Crippen LogP contribution in [-0.4, -0.2) is 30.1 Å². The van der Waals surface area contributed by atoms with E-state index in [1.807, 2.05) is 0 Å². The molecule has 3 fully saturated rings. The van der Waals surface area contributed by atoms with Gasteiger partial charge in [-0.2, -0.15) is 0 Å². The van der Waals surface area contributed by atoms with Gasteiger partial charge in [0.15, 0.2) is 0 Å². The van der Waals surface area contributed by atoms with E-state index in [-0.39, 0.29) is 0 Å². The second kappa shape index (κ2) is 3.92. The van der Waals surface area contributed by atoms with Gasteiger partial charge < -0.3 is 5.32 Å². The molecule has 5 atom stereocenters. The highest BCUT2D eigenvalue weighted by Crippen LogP contribution is 2.60. The number of anilines is 1. The Morgan fingerprint density at radius 2 is 2.19 bits per heavy atom. The second-order valence-corrected chi connectivity index (χ2v) is 7.51. The van der Waals surface area contributed by atoms with Crippen LogP contribution in [0.1, 0.15) is 32.3 Å². The van der Waals surface area contributed by atoms with Gasteiger partial charge in [-0.05, 0) is 49.8 Å². The number of nitrogens with zero attached hydrogens (tertiary/aromatic N) is 1. The highest BCUT2D eigenvalue weighted by molar-refractivity contribution is 5.64. The van der Waals surface area contributed by atoms with Gasteiger partial charge in [0.05, 0.1) is 0 Å². The molecule has 3 heterocycles. The van der Waals surface area contributed by atoms with Crippen molar-refractivity contribution < 1.29 is 0 Å². The normalized spacial score (nSPS) is 45.3. The maximum atomic E-state index is 3.92. The van der Waals surface area contributed by atoms with Crippen LogP contribution in [0.15, 0.2) is 35.9 Å². The molecule has 0 amide bonds. The van der Waals surface area contributed by atoms with Gasteiger partial charge in [0.25, 0.3) is 0 Å². The zero-order valence-electron chi connectivity index (χ0n) is 13.0. The summed E-state index contributed by atoms with van der Waals surface area (Å²) in [6.45, 7) is 7.21. The molecule has 0 unspecified atom stereocenters. The number of allylic oxidation sites excluding steroid dienone is 1. The van der Waals surface area contributed by atoms with E-state index in [1.54, 1.807) is 11.1 Å². The first-order valence-corrected chi connectivity index (χ1v) is 8.51. The first-order valence-electron chi connectivity index (χ1n) is 8.51. The van der Waals surface area contributed by atoms with Gasteiger partial charge >= 0.3 is 0 Å². The zero-order valence-corrected chi connectivity index (χ0v) is 13.0. The Labute approximate surface area is 127 Å². The minimum atomic E-state index is 0.381. The van der Waals surface area contributed by atoms with Crippen LogP contribution in [0.2, 0.25) is 0 Å². The molecule has 1 saturated carbocycles. The van der Waals surface area contributed by atoms with Crippen LogP contribution in [0.3, 0.4) is 0 Å². The van der Waals surface area contributed by atoms with E-state index in [0.717, 1.165) is 17.9 Å². The topological polar surface area (TPSA) is 15.3 Å². The summed E-state index contributed by atoms with van der Waals surface area (Å²) < 4.78 is 0. The fourth-order valence-corrected chi connectivity index (χ4v) is 6.12. The molecule has 1 aromatic carbocycles. The number of para-hydroxylation sites is 1. The molecule has 2 saturated heterocycles. The number of nitrogens with one attached hydrogen (secondary N) is 1. The van der Waals surface area contributed by atoms with Crippen LogP contribution < -0.4 is 5.32 Å². The van der Waals surface area contributed by atoms with E-state index in [2.05, 4.69) is 54.4 Å². The van der Waals surface area contributed by atoms with Crippen LogP contribution in [0, 0.1) is 11.8 Å². The van der Waals surface area contributed by atoms with Crippen LogP contribution in [-0.2, 0) is 5.41 Å². The third kappa shape index (κ3) is 1.29. The number of benzene rings is 1. The predicted molar refractivity (Wildman–Crippen MR) is 86.5 cm³/mol. The Bertz CT molecular complexity index is 634. The molecule has 3 aliphatic heterocycles. The van der Waals surface area contributed by atoms with Gasteiger partial charge in [-0.1, -0.05) is 36.8 Å². The molecular weight excluding hydrogens is 256 g/mol.